The van der Waals surface area contributed by atoms with Crippen molar-refractivity contribution in [3.63, 3.8) is 0 Å². The van der Waals surface area contributed by atoms with E-state index in [1.807, 2.05) is 12.1 Å². The molecule has 2 atom stereocenters. The van der Waals surface area contributed by atoms with Gasteiger partial charge in [0.2, 0.25) is 0 Å². The summed E-state index contributed by atoms with van der Waals surface area (Å²) in [7, 11) is 0. The molecule has 0 aliphatic heterocycles. The molecule has 2 N–H and O–H groups in total. The standard InChI is InChI=1S/C15H15N.ClH/c16-15(13-9-5-2-6-10-13)11-14(15)12-7-3-1-4-8-12;/h1-10,14H,11,16H2;1H. The summed E-state index contributed by atoms with van der Waals surface area (Å²) in [6.45, 7) is 0. The van der Waals surface area contributed by atoms with E-state index in [1.54, 1.807) is 0 Å². The summed E-state index contributed by atoms with van der Waals surface area (Å²) in [4.78, 5) is 0. The Bertz CT molecular complexity index is 483. The average Bonchev–Trinajstić information content (AvgIpc) is 3.06. The maximum atomic E-state index is 6.44. The SMILES string of the molecule is Cl.NC1(c2ccccc2)CC1c1ccccc1. The number of hydrogen-bond donors (Lipinski definition) is 1. The Kier molecular flexibility index (Phi) is 3.23. The molecular formula is C15H16ClN. The monoisotopic (exact) mass is 245 g/mol. The molecule has 2 aromatic rings. The predicted octanol–water partition coefficient (Wildman–Crippen LogP) is 3.45. The fraction of sp³-hybridized carbons (Fsp3) is 0.200. The lowest BCUT2D eigenvalue weighted by molar-refractivity contribution is 0.706. The van der Waals surface area contributed by atoms with E-state index in [9.17, 15) is 0 Å². The van der Waals surface area contributed by atoms with Crippen molar-refractivity contribution in [3.8, 4) is 0 Å². The van der Waals surface area contributed by atoms with Crippen LogP contribution < -0.4 is 5.73 Å². The zero-order chi connectivity index (χ0) is 11.0. The van der Waals surface area contributed by atoms with Gasteiger partial charge in [-0.2, -0.15) is 0 Å². The summed E-state index contributed by atoms with van der Waals surface area (Å²) in [5.41, 5.74) is 8.92. The highest BCUT2D eigenvalue weighted by molar-refractivity contribution is 5.85. The fourth-order valence-corrected chi connectivity index (χ4v) is 2.45. The molecule has 1 nitrogen and oxygen atoms in total. The summed E-state index contributed by atoms with van der Waals surface area (Å²) in [5.74, 6) is 0.482. The first kappa shape index (κ1) is 12.2. The van der Waals surface area contributed by atoms with Gasteiger partial charge in [-0.25, -0.2) is 0 Å². The average molecular weight is 246 g/mol. The zero-order valence-electron chi connectivity index (χ0n) is 9.54. The van der Waals surface area contributed by atoms with Gasteiger partial charge < -0.3 is 5.73 Å². The first-order chi connectivity index (χ1) is 7.81. The van der Waals surface area contributed by atoms with Gasteiger partial charge in [-0.3, -0.25) is 0 Å². The van der Waals surface area contributed by atoms with Crippen molar-refractivity contribution in [2.24, 2.45) is 5.73 Å². The molecule has 0 saturated heterocycles. The van der Waals surface area contributed by atoms with E-state index in [2.05, 4.69) is 48.5 Å². The highest BCUT2D eigenvalue weighted by Crippen LogP contribution is 2.56. The Morgan fingerprint density at radius 3 is 2.00 bits per heavy atom. The van der Waals surface area contributed by atoms with Crippen LogP contribution in [0.3, 0.4) is 0 Å². The molecule has 1 fully saturated rings. The molecule has 0 radical (unpaired) electrons. The van der Waals surface area contributed by atoms with Gasteiger partial charge in [0.1, 0.15) is 0 Å². The van der Waals surface area contributed by atoms with Crippen LogP contribution in [0.5, 0.6) is 0 Å². The van der Waals surface area contributed by atoms with Crippen LogP contribution in [0, 0.1) is 0 Å². The van der Waals surface area contributed by atoms with Gasteiger partial charge in [0, 0.05) is 11.5 Å². The van der Waals surface area contributed by atoms with Crippen LogP contribution in [0.1, 0.15) is 23.5 Å². The first-order valence-electron chi connectivity index (χ1n) is 5.70. The van der Waals surface area contributed by atoms with E-state index in [-0.39, 0.29) is 17.9 Å². The van der Waals surface area contributed by atoms with Crippen LogP contribution in [0.4, 0.5) is 0 Å². The van der Waals surface area contributed by atoms with E-state index < -0.39 is 0 Å². The summed E-state index contributed by atoms with van der Waals surface area (Å²) in [5, 5.41) is 0. The smallest absolute Gasteiger partial charge is 0.0486 e. The van der Waals surface area contributed by atoms with Crippen LogP contribution in [0.2, 0.25) is 0 Å². The summed E-state index contributed by atoms with van der Waals surface area (Å²) in [6, 6.07) is 21.0. The minimum Gasteiger partial charge on any atom is -0.321 e. The van der Waals surface area contributed by atoms with E-state index in [0.29, 0.717) is 5.92 Å². The van der Waals surface area contributed by atoms with Crippen molar-refractivity contribution >= 4 is 12.4 Å². The van der Waals surface area contributed by atoms with Gasteiger partial charge >= 0.3 is 0 Å². The van der Waals surface area contributed by atoms with Crippen molar-refractivity contribution in [1.82, 2.24) is 0 Å². The molecule has 0 aromatic heterocycles. The molecule has 0 bridgehead atoms. The first-order valence-corrected chi connectivity index (χ1v) is 5.70. The van der Waals surface area contributed by atoms with Crippen LogP contribution in [0.15, 0.2) is 60.7 Å². The number of halogens is 1. The normalized spacial score (nSPS) is 26.1. The quantitative estimate of drug-likeness (QED) is 0.862. The molecule has 0 amide bonds. The Morgan fingerprint density at radius 1 is 0.882 bits per heavy atom. The molecule has 0 spiro atoms. The lowest BCUT2D eigenvalue weighted by atomic mass is 10.00. The van der Waals surface area contributed by atoms with E-state index in [4.69, 9.17) is 5.73 Å². The maximum absolute atomic E-state index is 6.44. The number of rotatable bonds is 2. The topological polar surface area (TPSA) is 26.0 Å². The van der Waals surface area contributed by atoms with Gasteiger partial charge in [0.15, 0.2) is 0 Å². The molecule has 0 heterocycles. The number of benzene rings is 2. The van der Waals surface area contributed by atoms with Gasteiger partial charge in [0.25, 0.3) is 0 Å². The lowest BCUT2D eigenvalue weighted by Gasteiger charge is -2.11. The second-order valence-corrected chi connectivity index (χ2v) is 4.57. The third-order valence-electron chi connectivity index (χ3n) is 3.52. The molecule has 1 saturated carbocycles. The Morgan fingerprint density at radius 2 is 1.41 bits per heavy atom. The van der Waals surface area contributed by atoms with Gasteiger partial charge in [-0.1, -0.05) is 60.7 Å². The maximum Gasteiger partial charge on any atom is 0.0486 e. The molecule has 2 unspecified atom stereocenters. The van der Waals surface area contributed by atoms with Crippen molar-refractivity contribution < 1.29 is 0 Å². The second kappa shape index (κ2) is 4.52. The van der Waals surface area contributed by atoms with Crippen molar-refractivity contribution in [3.05, 3.63) is 71.8 Å². The Labute approximate surface area is 108 Å². The van der Waals surface area contributed by atoms with Gasteiger partial charge in [-0.05, 0) is 17.5 Å². The van der Waals surface area contributed by atoms with Crippen LogP contribution >= 0.6 is 12.4 Å². The summed E-state index contributed by atoms with van der Waals surface area (Å²) >= 11 is 0. The number of nitrogens with two attached hydrogens (primary N) is 1. The third-order valence-corrected chi connectivity index (χ3v) is 3.52. The van der Waals surface area contributed by atoms with Crippen LogP contribution in [-0.2, 0) is 5.54 Å². The Balaban J connectivity index is 0.00000108. The molecule has 3 rings (SSSR count). The highest BCUT2D eigenvalue weighted by atomic mass is 35.5. The van der Waals surface area contributed by atoms with Crippen molar-refractivity contribution in [2.75, 3.05) is 0 Å². The van der Waals surface area contributed by atoms with Gasteiger partial charge in [-0.15, -0.1) is 12.4 Å². The summed E-state index contributed by atoms with van der Waals surface area (Å²) < 4.78 is 0. The molecule has 2 heteroatoms. The highest BCUT2D eigenvalue weighted by Gasteiger charge is 2.52. The third kappa shape index (κ3) is 2.08. The largest absolute Gasteiger partial charge is 0.321 e. The molecule has 1 aliphatic rings. The van der Waals surface area contributed by atoms with Crippen LogP contribution in [0.25, 0.3) is 0 Å². The fourth-order valence-electron chi connectivity index (χ4n) is 2.45. The van der Waals surface area contributed by atoms with Crippen LogP contribution in [-0.4, -0.2) is 0 Å². The van der Waals surface area contributed by atoms with Crippen molar-refractivity contribution in [2.45, 2.75) is 17.9 Å². The zero-order valence-corrected chi connectivity index (χ0v) is 10.4. The molecule has 17 heavy (non-hydrogen) atoms. The minimum absolute atomic E-state index is 0. The minimum atomic E-state index is -0.136. The lowest BCUT2D eigenvalue weighted by Crippen LogP contribution is -2.21. The summed E-state index contributed by atoms with van der Waals surface area (Å²) in [6.07, 6.45) is 1.06. The molecule has 88 valence electrons. The molecule has 2 aromatic carbocycles. The van der Waals surface area contributed by atoms with Crippen molar-refractivity contribution in [1.29, 1.82) is 0 Å². The van der Waals surface area contributed by atoms with E-state index >= 15 is 0 Å². The molecular weight excluding hydrogens is 230 g/mol. The predicted molar refractivity (Wildman–Crippen MR) is 73.4 cm³/mol. The second-order valence-electron chi connectivity index (χ2n) is 4.57. The molecule has 1 aliphatic carbocycles. The van der Waals surface area contributed by atoms with E-state index in [0.717, 1.165) is 6.42 Å². The Hall–Kier alpha value is -1.31. The van der Waals surface area contributed by atoms with E-state index in [1.165, 1.54) is 11.1 Å². The number of hydrogen-bond acceptors (Lipinski definition) is 1. The van der Waals surface area contributed by atoms with Gasteiger partial charge in [0.05, 0.1) is 0 Å².